The van der Waals surface area contributed by atoms with Gasteiger partial charge in [-0.25, -0.2) is 9.59 Å². The van der Waals surface area contributed by atoms with E-state index in [0.717, 1.165) is 11.3 Å². The second-order valence-corrected chi connectivity index (χ2v) is 6.23. The summed E-state index contributed by atoms with van der Waals surface area (Å²) in [6.45, 7) is -0.0413. The number of aromatic amines is 1. The highest BCUT2D eigenvalue weighted by molar-refractivity contribution is 7.07. The molecule has 0 spiro atoms. The lowest BCUT2D eigenvalue weighted by atomic mass is 10.2. The summed E-state index contributed by atoms with van der Waals surface area (Å²) in [5.74, 6) is -1.50. The number of halogens is 1. The predicted octanol–water partition coefficient (Wildman–Crippen LogP) is 1.80. The molecular formula is C16H16ClN3O6S. The summed E-state index contributed by atoms with van der Waals surface area (Å²) < 4.78 is 10.1. The van der Waals surface area contributed by atoms with Gasteiger partial charge >= 0.3 is 12.1 Å². The van der Waals surface area contributed by atoms with Gasteiger partial charge in [-0.1, -0.05) is 12.1 Å². The number of benzene rings is 1. The molecule has 0 saturated heterocycles. The Bertz CT molecular complexity index is 877. The summed E-state index contributed by atoms with van der Waals surface area (Å²) in [5, 5.41) is 13.0. The van der Waals surface area contributed by atoms with Crippen LogP contribution in [0.1, 0.15) is 17.3 Å². The van der Waals surface area contributed by atoms with Crippen LogP contribution in [0.4, 0.5) is 4.79 Å². The van der Waals surface area contributed by atoms with Gasteiger partial charge in [-0.05, 0) is 17.7 Å². The van der Waals surface area contributed by atoms with Crippen molar-refractivity contribution in [2.75, 3.05) is 13.0 Å². The molecule has 3 N–H and O–H groups in total. The Hall–Kier alpha value is -2.85. The molecule has 1 aromatic heterocycles. The van der Waals surface area contributed by atoms with Crippen molar-refractivity contribution >= 4 is 40.9 Å². The second-order valence-electron chi connectivity index (χ2n) is 5.10. The van der Waals surface area contributed by atoms with E-state index < -0.39 is 24.0 Å². The van der Waals surface area contributed by atoms with Crippen LogP contribution >= 0.6 is 22.9 Å². The van der Waals surface area contributed by atoms with Gasteiger partial charge in [-0.3, -0.25) is 4.79 Å². The van der Waals surface area contributed by atoms with Crippen molar-refractivity contribution in [2.45, 2.75) is 12.6 Å². The topological polar surface area (TPSA) is 130 Å². The minimum atomic E-state index is -1.39. The van der Waals surface area contributed by atoms with Crippen molar-refractivity contribution in [1.82, 2.24) is 10.3 Å². The van der Waals surface area contributed by atoms with Gasteiger partial charge in [0.05, 0.1) is 12.8 Å². The van der Waals surface area contributed by atoms with Crippen molar-refractivity contribution in [1.29, 1.82) is 0 Å². The monoisotopic (exact) mass is 413 g/mol. The number of alkyl carbamates (subject to hydrolysis) is 1. The average molecular weight is 414 g/mol. The van der Waals surface area contributed by atoms with Crippen molar-refractivity contribution in [3.05, 3.63) is 45.7 Å². The average Bonchev–Trinajstić information content (AvgIpc) is 3.12. The zero-order valence-corrected chi connectivity index (χ0v) is 15.7. The number of hydrogen-bond acceptors (Lipinski definition) is 6. The van der Waals surface area contributed by atoms with Crippen molar-refractivity contribution in [3.8, 4) is 5.75 Å². The molecule has 9 nitrogen and oxygen atoms in total. The third kappa shape index (κ3) is 6.12. The first-order valence-corrected chi connectivity index (χ1v) is 8.94. The quantitative estimate of drug-likeness (QED) is 0.593. The van der Waals surface area contributed by atoms with Crippen LogP contribution in [0.15, 0.2) is 34.6 Å². The van der Waals surface area contributed by atoms with E-state index in [2.05, 4.69) is 15.3 Å². The molecule has 1 aromatic carbocycles. The Morgan fingerprint density at radius 3 is 2.63 bits per heavy atom. The number of H-pyrrole nitrogens is 1. The fourth-order valence-corrected chi connectivity index (χ4v) is 2.77. The molecule has 2 amide bonds. The fraction of sp³-hybridized carbons (Fsp3) is 0.250. The van der Waals surface area contributed by atoms with E-state index in [4.69, 9.17) is 21.1 Å². The summed E-state index contributed by atoms with van der Waals surface area (Å²) in [4.78, 5) is 41.1. The number of rotatable bonds is 7. The van der Waals surface area contributed by atoms with Crippen LogP contribution in [0.5, 0.6) is 5.75 Å². The molecule has 1 heterocycles. The number of carbonyl (C=O) groups excluding carboxylic acids is 2. The molecule has 0 aliphatic rings. The Labute approximate surface area is 162 Å². The van der Waals surface area contributed by atoms with E-state index in [9.17, 15) is 19.5 Å². The van der Waals surface area contributed by atoms with Crippen LogP contribution in [0, 0.1) is 0 Å². The molecule has 0 aliphatic carbocycles. The number of nitrogens with one attached hydrogen (secondary N) is 2. The Morgan fingerprint density at radius 2 is 2.04 bits per heavy atom. The molecule has 0 bridgehead atoms. The summed E-state index contributed by atoms with van der Waals surface area (Å²) in [7, 11) is 1.54. The Morgan fingerprint density at radius 1 is 1.33 bits per heavy atom. The van der Waals surface area contributed by atoms with Crippen molar-refractivity contribution in [2.24, 2.45) is 4.99 Å². The SMILES string of the molecule is COc1ccc(COC(=O)NC(C(=O)O)c2cs/c(=N/C(=O)CCl)[nH]2)cc1. The molecule has 11 heteroatoms. The number of hydrogen-bond donors (Lipinski definition) is 3. The highest BCUT2D eigenvalue weighted by Crippen LogP contribution is 2.14. The second kappa shape index (κ2) is 9.74. The van der Waals surface area contributed by atoms with Crippen LogP contribution in [0.25, 0.3) is 0 Å². The number of thiazole rings is 1. The summed E-state index contributed by atoms with van der Waals surface area (Å²) in [6.07, 6.45) is -0.909. The Kier molecular flexibility index (Phi) is 7.38. The largest absolute Gasteiger partial charge is 0.497 e. The van der Waals surface area contributed by atoms with E-state index in [1.54, 1.807) is 24.3 Å². The van der Waals surface area contributed by atoms with E-state index in [1.165, 1.54) is 12.5 Å². The number of amides is 2. The molecule has 144 valence electrons. The maximum Gasteiger partial charge on any atom is 0.408 e. The lowest BCUT2D eigenvalue weighted by Crippen LogP contribution is -2.34. The van der Waals surface area contributed by atoms with Gasteiger partial charge in [0.15, 0.2) is 10.8 Å². The number of nitrogens with zero attached hydrogens (tertiary/aromatic N) is 1. The van der Waals surface area contributed by atoms with Gasteiger partial charge < -0.3 is 24.9 Å². The van der Waals surface area contributed by atoms with Gasteiger partial charge in [0.1, 0.15) is 18.2 Å². The number of alkyl halides is 1. The first-order valence-electron chi connectivity index (χ1n) is 7.53. The van der Waals surface area contributed by atoms with Crippen LogP contribution in [0.3, 0.4) is 0 Å². The fourth-order valence-electron chi connectivity index (χ4n) is 1.94. The van der Waals surface area contributed by atoms with Gasteiger partial charge in [0, 0.05) is 5.38 Å². The standard InChI is InChI=1S/C16H16ClN3O6S/c1-25-10-4-2-9(3-5-10)7-26-16(24)20-13(14(22)23)11-8-27-15(18-11)19-12(21)6-17/h2-5,8,13H,6-7H2,1H3,(H,20,24)(H,22,23)(H,18,19,21). The molecule has 27 heavy (non-hydrogen) atoms. The molecular weight excluding hydrogens is 398 g/mol. The number of aromatic nitrogens is 1. The minimum absolute atomic E-state index is 0.0413. The van der Waals surface area contributed by atoms with E-state index in [0.29, 0.717) is 11.3 Å². The lowest BCUT2D eigenvalue weighted by molar-refractivity contribution is -0.139. The molecule has 2 aromatic rings. The number of carbonyl (C=O) groups is 3. The minimum Gasteiger partial charge on any atom is -0.497 e. The number of ether oxygens (including phenoxy) is 2. The van der Waals surface area contributed by atoms with Gasteiger partial charge in [0.2, 0.25) is 0 Å². The number of aliphatic carboxylic acids is 1. The highest BCUT2D eigenvalue weighted by atomic mass is 35.5. The van der Waals surface area contributed by atoms with Gasteiger partial charge in [-0.2, -0.15) is 4.99 Å². The zero-order valence-electron chi connectivity index (χ0n) is 14.1. The zero-order chi connectivity index (χ0) is 19.8. The summed E-state index contributed by atoms with van der Waals surface area (Å²) in [5.41, 5.74) is 0.857. The molecule has 1 unspecified atom stereocenters. The highest BCUT2D eigenvalue weighted by Gasteiger charge is 2.24. The maximum atomic E-state index is 11.9. The molecule has 1 atom stereocenters. The van der Waals surface area contributed by atoms with Crippen LogP contribution in [0.2, 0.25) is 0 Å². The molecule has 0 fully saturated rings. The normalized spacial score (nSPS) is 12.3. The number of methoxy groups -OCH3 is 1. The van der Waals surface area contributed by atoms with Crippen LogP contribution in [-0.4, -0.2) is 41.1 Å². The Balaban J connectivity index is 2.00. The van der Waals surface area contributed by atoms with Gasteiger partial charge in [0.25, 0.3) is 5.91 Å². The maximum absolute atomic E-state index is 11.9. The smallest absolute Gasteiger partial charge is 0.408 e. The van der Waals surface area contributed by atoms with Gasteiger partial charge in [-0.15, -0.1) is 22.9 Å². The van der Waals surface area contributed by atoms with Crippen LogP contribution < -0.4 is 14.9 Å². The molecule has 0 aliphatic heterocycles. The van der Waals surface area contributed by atoms with E-state index in [1.807, 2.05) is 0 Å². The summed E-state index contributed by atoms with van der Waals surface area (Å²) in [6, 6.07) is 5.47. The number of carboxylic acid groups (broad SMARTS) is 1. The first-order chi connectivity index (χ1) is 12.9. The molecule has 0 saturated carbocycles. The van der Waals surface area contributed by atoms with Crippen LogP contribution in [-0.2, 0) is 20.9 Å². The van der Waals surface area contributed by atoms with E-state index in [-0.39, 0.29) is 23.0 Å². The third-order valence-electron chi connectivity index (χ3n) is 3.24. The lowest BCUT2D eigenvalue weighted by Gasteiger charge is -2.13. The summed E-state index contributed by atoms with van der Waals surface area (Å²) >= 11 is 6.38. The number of carboxylic acids is 1. The van der Waals surface area contributed by atoms with Crippen molar-refractivity contribution in [3.63, 3.8) is 0 Å². The van der Waals surface area contributed by atoms with E-state index >= 15 is 0 Å². The first kappa shape index (κ1) is 20.5. The molecule has 2 rings (SSSR count). The predicted molar refractivity (Wildman–Crippen MR) is 96.7 cm³/mol. The van der Waals surface area contributed by atoms with Crippen molar-refractivity contribution < 1.29 is 29.0 Å². The third-order valence-corrected chi connectivity index (χ3v) is 4.26. The molecule has 0 radical (unpaired) electrons.